The zero-order valence-corrected chi connectivity index (χ0v) is 20.7. The third-order valence-electron chi connectivity index (χ3n) is 6.09. The van der Waals surface area contributed by atoms with Crippen LogP contribution in [0.4, 0.5) is 5.00 Å². The van der Waals surface area contributed by atoms with Crippen LogP contribution in [0.2, 0.25) is 0 Å². The lowest BCUT2D eigenvalue weighted by Gasteiger charge is -2.18. The Morgan fingerprint density at radius 2 is 2.03 bits per heavy atom. The van der Waals surface area contributed by atoms with Gasteiger partial charge in [-0.15, -0.1) is 11.3 Å². The Hall–Kier alpha value is -3.85. The number of thiophene rings is 1. The van der Waals surface area contributed by atoms with Crippen molar-refractivity contribution < 1.29 is 27.9 Å². The predicted octanol–water partition coefficient (Wildman–Crippen LogP) is 5.43. The molecule has 0 saturated carbocycles. The minimum Gasteiger partial charge on any atom is -0.476 e. The zero-order chi connectivity index (χ0) is 25.2. The second-order valence-electron chi connectivity index (χ2n) is 8.68. The van der Waals surface area contributed by atoms with Crippen LogP contribution in [0.25, 0.3) is 22.5 Å². The van der Waals surface area contributed by atoms with Crippen molar-refractivity contribution in [2.24, 2.45) is 5.92 Å². The SMILES string of the molecule is CCOC(=O)c1c(NC(=O)COc2c(-c3ccco3)oc3ccccc3c2=O)sc2c1CCC(C)C2. The van der Waals surface area contributed by atoms with Gasteiger partial charge in [-0.1, -0.05) is 19.1 Å². The number of rotatable bonds is 7. The maximum atomic E-state index is 13.2. The highest BCUT2D eigenvalue weighted by molar-refractivity contribution is 7.17. The number of carbonyl (C=O) groups excluding carboxylic acids is 2. The van der Waals surface area contributed by atoms with Crippen LogP contribution in [0.3, 0.4) is 0 Å². The van der Waals surface area contributed by atoms with E-state index in [1.807, 2.05) is 0 Å². The van der Waals surface area contributed by atoms with E-state index in [-0.39, 0.29) is 18.1 Å². The average Bonchev–Trinajstić information content (AvgIpc) is 3.51. The summed E-state index contributed by atoms with van der Waals surface area (Å²) in [6.07, 6.45) is 4.04. The van der Waals surface area contributed by atoms with Crippen LogP contribution in [0, 0.1) is 5.92 Å². The number of carbonyl (C=O) groups is 2. The molecule has 1 unspecified atom stereocenters. The molecule has 0 radical (unpaired) electrons. The highest BCUT2D eigenvalue weighted by Crippen LogP contribution is 2.40. The number of ether oxygens (including phenoxy) is 2. The summed E-state index contributed by atoms with van der Waals surface area (Å²) in [5, 5.41) is 3.57. The molecule has 0 saturated heterocycles. The molecular formula is C27H25NO7S. The molecule has 0 fully saturated rings. The molecule has 0 bridgehead atoms. The fourth-order valence-corrected chi connectivity index (χ4v) is 5.80. The number of para-hydroxylation sites is 1. The highest BCUT2D eigenvalue weighted by atomic mass is 32.1. The summed E-state index contributed by atoms with van der Waals surface area (Å²) in [4.78, 5) is 39.9. The first kappa shape index (κ1) is 23.9. The number of benzene rings is 1. The molecular weight excluding hydrogens is 482 g/mol. The van der Waals surface area contributed by atoms with Gasteiger partial charge in [0.25, 0.3) is 5.91 Å². The molecule has 1 amide bonds. The molecule has 4 aromatic rings. The van der Waals surface area contributed by atoms with Crippen molar-refractivity contribution in [3.05, 3.63) is 68.9 Å². The Balaban J connectivity index is 1.42. The summed E-state index contributed by atoms with van der Waals surface area (Å²) in [7, 11) is 0. The van der Waals surface area contributed by atoms with Crippen molar-refractivity contribution in [3.63, 3.8) is 0 Å². The van der Waals surface area contributed by atoms with Crippen molar-refractivity contribution >= 4 is 39.2 Å². The van der Waals surface area contributed by atoms with Crippen LogP contribution in [0.5, 0.6) is 5.75 Å². The Labute approximate surface area is 210 Å². The quantitative estimate of drug-likeness (QED) is 0.332. The second-order valence-corrected chi connectivity index (χ2v) is 9.78. The minimum absolute atomic E-state index is 0.101. The summed E-state index contributed by atoms with van der Waals surface area (Å²) >= 11 is 1.39. The van der Waals surface area contributed by atoms with Crippen LogP contribution < -0.4 is 15.5 Å². The zero-order valence-electron chi connectivity index (χ0n) is 19.9. The van der Waals surface area contributed by atoms with Gasteiger partial charge in [-0.3, -0.25) is 9.59 Å². The molecule has 186 valence electrons. The first-order chi connectivity index (χ1) is 17.5. The summed E-state index contributed by atoms with van der Waals surface area (Å²) < 4.78 is 22.3. The van der Waals surface area contributed by atoms with E-state index >= 15 is 0 Å². The summed E-state index contributed by atoms with van der Waals surface area (Å²) in [5.74, 6) is -0.169. The van der Waals surface area contributed by atoms with Crippen molar-refractivity contribution in [1.82, 2.24) is 0 Å². The van der Waals surface area contributed by atoms with E-state index in [1.165, 1.54) is 17.6 Å². The van der Waals surface area contributed by atoms with Crippen molar-refractivity contribution in [2.45, 2.75) is 33.1 Å². The molecule has 5 rings (SSSR count). The van der Waals surface area contributed by atoms with Crippen LogP contribution in [0.1, 0.15) is 41.1 Å². The van der Waals surface area contributed by atoms with Crippen LogP contribution in [-0.2, 0) is 22.4 Å². The lowest BCUT2D eigenvalue weighted by atomic mass is 9.88. The molecule has 1 N–H and O–H groups in total. The number of nitrogens with one attached hydrogen (secondary N) is 1. The van der Waals surface area contributed by atoms with E-state index in [0.29, 0.717) is 33.2 Å². The number of amides is 1. The molecule has 8 nitrogen and oxygen atoms in total. The largest absolute Gasteiger partial charge is 0.476 e. The van der Waals surface area contributed by atoms with Gasteiger partial charge in [0.1, 0.15) is 10.6 Å². The summed E-state index contributed by atoms with van der Waals surface area (Å²) in [5.41, 5.74) is 1.33. The number of esters is 1. The van der Waals surface area contributed by atoms with E-state index in [9.17, 15) is 14.4 Å². The third-order valence-corrected chi connectivity index (χ3v) is 7.26. The Morgan fingerprint density at radius 3 is 2.81 bits per heavy atom. The number of anilines is 1. The van der Waals surface area contributed by atoms with E-state index in [4.69, 9.17) is 18.3 Å². The molecule has 0 aliphatic heterocycles. The van der Waals surface area contributed by atoms with Crippen molar-refractivity contribution in [1.29, 1.82) is 0 Å². The molecule has 1 aliphatic rings. The van der Waals surface area contributed by atoms with Crippen LogP contribution in [0.15, 0.2) is 56.3 Å². The molecule has 0 spiro atoms. The smallest absolute Gasteiger partial charge is 0.341 e. The van der Waals surface area contributed by atoms with Gasteiger partial charge in [0.15, 0.2) is 12.4 Å². The lowest BCUT2D eigenvalue weighted by molar-refractivity contribution is -0.118. The van der Waals surface area contributed by atoms with Gasteiger partial charge >= 0.3 is 5.97 Å². The van der Waals surface area contributed by atoms with E-state index in [2.05, 4.69) is 12.2 Å². The summed E-state index contributed by atoms with van der Waals surface area (Å²) in [6.45, 7) is 3.70. The monoisotopic (exact) mass is 507 g/mol. The van der Waals surface area contributed by atoms with Gasteiger partial charge in [-0.2, -0.15) is 0 Å². The predicted molar refractivity (Wildman–Crippen MR) is 136 cm³/mol. The fourth-order valence-electron chi connectivity index (χ4n) is 4.38. The third kappa shape index (κ3) is 4.54. The molecule has 3 aromatic heterocycles. The van der Waals surface area contributed by atoms with Crippen molar-refractivity contribution in [2.75, 3.05) is 18.5 Å². The Kier molecular flexibility index (Phi) is 6.65. The van der Waals surface area contributed by atoms with Gasteiger partial charge in [-0.25, -0.2) is 4.79 Å². The first-order valence-electron chi connectivity index (χ1n) is 11.8. The first-order valence-corrected chi connectivity index (χ1v) is 12.6. The molecule has 36 heavy (non-hydrogen) atoms. The van der Waals surface area contributed by atoms with Gasteiger partial charge in [-0.05, 0) is 61.9 Å². The van der Waals surface area contributed by atoms with Crippen LogP contribution >= 0.6 is 11.3 Å². The maximum absolute atomic E-state index is 13.2. The van der Waals surface area contributed by atoms with Gasteiger partial charge in [0.2, 0.25) is 16.9 Å². The highest BCUT2D eigenvalue weighted by Gasteiger charge is 2.29. The number of fused-ring (bicyclic) bond motifs is 2. The van der Waals surface area contributed by atoms with Crippen LogP contribution in [-0.4, -0.2) is 25.1 Å². The normalized spacial score (nSPS) is 14.9. The number of hydrogen-bond acceptors (Lipinski definition) is 8. The van der Waals surface area contributed by atoms with Crippen molar-refractivity contribution in [3.8, 4) is 17.3 Å². The van der Waals surface area contributed by atoms with Gasteiger partial charge in [0, 0.05) is 4.88 Å². The van der Waals surface area contributed by atoms with Gasteiger partial charge in [0.05, 0.1) is 23.8 Å². The Bertz CT molecular complexity index is 1480. The molecule has 3 heterocycles. The number of furan rings is 1. The van der Waals surface area contributed by atoms with E-state index in [0.717, 1.165) is 29.7 Å². The molecule has 1 aliphatic carbocycles. The van der Waals surface area contributed by atoms with E-state index in [1.54, 1.807) is 43.3 Å². The standard InChI is InChI=1S/C27H25NO7S/c1-3-32-27(31)22-17-11-10-15(2)13-20(17)36-26(22)28-21(29)14-34-25-23(30)16-7-4-5-8-18(16)35-24(25)19-9-6-12-33-19/h4-9,12,15H,3,10-11,13-14H2,1-2H3,(H,28,29). The maximum Gasteiger partial charge on any atom is 0.341 e. The summed E-state index contributed by atoms with van der Waals surface area (Å²) in [6, 6.07) is 10.1. The molecule has 1 atom stereocenters. The Morgan fingerprint density at radius 1 is 1.19 bits per heavy atom. The lowest BCUT2D eigenvalue weighted by Crippen LogP contribution is -2.23. The fraction of sp³-hybridized carbons (Fsp3) is 0.296. The molecule has 1 aromatic carbocycles. The minimum atomic E-state index is -0.509. The van der Waals surface area contributed by atoms with E-state index < -0.39 is 23.9 Å². The van der Waals surface area contributed by atoms with Gasteiger partial charge < -0.3 is 23.6 Å². The molecule has 9 heteroatoms. The number of hydrogen-bond donors (Lipinski definition) is 1. The second kappa shape index (κ2) is 10.0. The topological polar surface area (TPSA) is 108 Å². The average molecular weight is 508 g/mol.